The summed E-state index contributed by atoms with van der Waals surface area (Å²) < 4.78 is 27.5. The smallest absolute Gasteiger partial charge is 0.258 e. The molecule has 108 valence electrons. The third-order valence-electron chi connectivity index (χ3n) is 3.78. The molecule has 1 aromatic heterocycles. The van der Waals surface area contributed by atoms with Crippen molar-refractivity contribution in [2.24, 2.45) is 5.73 Å². The predicted molar refractivity (Wildman–Crippen MR) is 73.2 cm³/mol. The molecule has 0 radical (unpaired) electrons. The molecule has 0 atom stereocenters. The van der Waals surface area contributed by atoms with Gasteiger partial charge in [-0.05, 0) is 12.8 Å². The van der Waals surface area contributed by atoms with E-state index in [9.17, 15) is 8.42 Å². The van der Waals surface area contributed by atoms with Crippen molar-refractivity contribution in [3.05, 3.63) is 12.0 Å². The fourth-order valence-electron chi connectivity index (χ4n) is 2.58. The second kappa shape index (κ2) is 5.60. The van der Waals surface area contributed by atoms with Gasteiger partial charge < -0.3 is 10.7 Å². The van der Waals surface area contributed by atoms with Crippen molar-refractivity contribution in [2.45, 2.75) is 56.0 Å². The first-order chi connectivity index (χ1) is 9.01. The number of hydrogen-bond donors (Lipinski definition) is 3. The van der Waals surface area contributed by atoms with Crippen molar-refractivity contribution < 1.29 is 8.42 Å². The van der Waals surface area contributed by atoms with Crippen molar-refractivity contribution in [1.82, 2.24) is 14.7 Å². The van der Waals surface area contributed by atoms with Gasteiger partial charge in [-0.15, -0.1) is 0 Å². The largest absolute Gasteiger partial charge is 0.332 e. The number of nitrogens with zero attached hydrogens (tertiary/aromatic N) is 1. The molecule has 1 heterocycles. The van der Waals surface area contributed by atoms with E-state index < -0.39 is 15.6 Å². The highest BCUT2D eigenvalue weighted by molar-refractivity contribution is 7.89. The summed E-state index contributed by atoms with van der Waals surface area (Å²) in [6.07, 6.45) is 6.83. The van der Waals surface area contributed by atoms with E-state index in [1.54, 1.807) is 0 Å². The van der Waals surface area contributed by atoms with E-state index >= 15 is 0 Å². The summed E-state index contributed by atoms with van der Waals surface area (Å²) in [6, 6.07) is 0. The van der Waals surface area contributed by atoms with E-state index in [1.165, 1.54) is 6.20 Å². The normalized spacial score (nSPS) is 19.5. The van der Waals surface area contributed by atoms with Crippen LogP contribution in [0.25, 0.3) is 0 Å². The maximum Gasteiger partial charge on any atom is 0.258 e. The summed E-state index contributed by atoms with van der Waals surface area (Å²) >= 11 is 0. The van der Waals surface area contributed by atoms with Gasteiger partial charge in [-0.2, -0.15) is 0 Å². The number of imidazole rings is 1. The lowest BCUT2D eigenvalue weighted by atomic mass is 9.83. The molecule has 1 aromatic rings. The zero-order chi connectivity index (χ0) is 13.9. The van der Waals surface area contributed by atoms with Gasteiger partial charge >= 0.3 is 0 Å². The minimum Gasteiger partial charge on any atom is -0.332 e. The number of rotatable bonds is 5. The molecule has 7 heteroatoms. The zero-order valence-electron chi connectivity index (χ0n) is 11.3. The predicted octanol–water partition coefficient (Wildman–Crippen LogP) is 0.912. The van der Waals surface area contributed by atoms with Gasteiger partial charge in [-0.25, -0.2) is 18.1 Å². The van der Waals surface area contributed by atoms with Crippen LogP contribution in [0.5, 0.6) is 0 Å². The summed E-state index contributed by atoms with van der Waals surface area (Å²) in [5.41, 5.74) is 5.31. The Balaban J connectivity index is 2.19. The van der Waals surface area contributed by atoms with Gasteiger partial charge in [0.2, 0.25) is 0 Å². The summed E-state index contributed by atoms with van der Waals surface area (Å²) in [5.74, 6) is 0.672. The van der Waals surface area contributed by atoms with Crippen LogP contribution < -0.4 is 10.5 Å². The topological polar surface area (TPSA) is 101 Å². The van der Waals surface area contributed by atoms with Crippen LogP contribution in [0.1, 0.15) is 44.9 Å². The molecule has 1 aliphatic carbocycles. The van der Waals surface area contributed by atoms with Crippen molar-refractivity contribution in [3.8, 4) is 0 Å². The highest BCUT2D eigenvalue weighted by Gasteiger charge is 2.35. The first kappa shape index (κ1) is 14.5. The van der Waals surface area contributed by atoms with Gasteiger partial charge in [0.1, 0.15) is 5.82 Å². The van der Waals surface area contributed by atoms with Crippen LogP contribution in [-0.4, -0.2) is 30.5 Å². The summed E-state index contributed by atoms with van der Waals surface area (Å²) in [6.45, 7) is 2.26. The maximum absolute atomic E-state index is 12.4. The van der Waals surface area contributed by atoms with Crippen LogP contribution in [-0.2, 0) is 16.4 Å². The lowest BCUT2D eigenvalue weighted by Crippen LogP contribution is -2.54. The lowest BCUT2D eigenvalue weighted by molar-refractivity contribution is 0.276. The molecule has 0 bridgehead atoms. The van der Waals surface area contributed by atoms with E-state index in [1.807, 2.05) is 6.92 Å². The molecule has 0 amide bonds. The Bertz CT molecular complexity index is 518. The van der Waals surface area contributed by atoms with Crippen molar-refractivity contribution in [1.29, 1.82) is 0 Å². The third-order valence-corrected chi connectivity index (χ3v) is 5.27. The number of nitrogens with two attached hydrogens (primary N) is 1. The minimum atomic E-state index is -3.57. The Morgan fingerprint density at radius 2 is 2.11 bits per heavy atom. The van der Waals surface area contributed by atoms with Gasteiger partial charge in [0, 0.05) is 18.5 Å². The standard InChI is InChI=1S/C12H22N4O2S/c1-2-10-14-8-11(15-10)19(17,18)16-12(9-13)6-4-3-5-7-12/h8,16H,2-7,9,13H2,1H3,(H,14,15). The summed E-state index contributed by atoms with van der Waals surface area (Å²) in [5, 5.41) is 0.128. The first-order valence-electron chi connectivity index (χ1n) is 6.79. The van der Waals surface area contributed by atoms with Crippen LogP contribution >= 0.6 is 0 Å². The van der Waals surface area contributed by atoms with E-state index in [2.05, 4.69) is 14.7 Å². The fourth-order valence-corrected chi connectivity index (χ4v) is 3.99. The Morgan fingerprint density at radius 3 is 2.63 bits per heavy atom. The van der Waals surface area contributed by atoms with Crippen molar-refractivity contribution in [3.63, 3.8) is 0 Å². The zero-order valence-corrected chi connectivity index (χ0v) is 12.1. The molecule has 1 aliphatic rings. The average molecular weight is 286 g/mol. The van der Waals surface area contributed by atoms with Gasteiger partial charge in [-0.1, -0.05) is 26.2 Å². The molecule has 1 fully saturated rings. The van der Waals surface area contributed by atoms with Crippen molar-refractivity contribution >= 4 is 10.0 Å². The Labute approximate surface area is 114 Å². The molecular weight excluding hydrogens is 264 g/mol. The number of sulfonamides is 1. The second-order valence-corrected chi connectivity index (χ2v) is 6.85. The Hall–Kier alpha value is -0.920. The van der Waals surface area contributed by atoms with E-state index in [4.69, 9.17) is 5.73 Å². The Morgan fingerprint density at radius 1 is 1.42 bits per heavy atom. The van der Waals surface area contributed by atoms with Crippen LogP contribution in [0, 0.1) is 0 Å². The molecule has 19 heavy (non-hydrogen) atoms. The molecule has 0 aliphatic heterocycles. The number of nitrogens with one attached hydrogen (secondary N) is 2. The monoisotopic (exact) mass is 286 g/mol. The molecule has 0 spiro atoms. The molecule has 6 nitrogen and oxygen atoms in total. The van der Waals surface area contributed by atoms with Crippen LogP contribution in [0.15, 0.2) is 11.2 Å². The van der Waals surface area contributed by atoms with Gasteiger partial charge in [-0.3, -0.25) is 0 Å². The average Bonchev–Trinajstić information content (AvgIpc) is 2.89. The lowest BCUT2D eigenvalue weighted by Gasteiger charge is -2.36. The summed E-state index contributed by atoms with van der Waals surface area (Å²) in [4.78, 5) is 6.87. The fraction of sp³-hybridized carbons (Fsp3) is 0.750. The van der Waals surface area contributed by atoms with Gasteiger partial charge in [0.25, 0.3) is 10.0 Å². The van der Waals surface area contributed by atoms with E-state index in [0.717, 1.165) is 32.1 Å². The number of aromatic amines is 1. The maximum atomic E-state index is 12.4. The van der Waals surface area contributed by atoms with Gasteiger partial charge in [0.05, 0.1) is 6.20 Å². The van der Waals surface area contributed by atoms with Crippen LogP contribution in [0.2, 0.25) is 0 Å². The highest BCUT2D eigenvalue weighted by atomic mass is 32.2. The van der Waals surface area contributed by atoms with Crippen LogP contribution in [0.4, 0.5) is 0 Å². The van der Waals surface area contributed by atoms with Crippen molar-refractivity contribution in [2.75, 3.05) is 6.54 Å². The minimum absolute atomic E-state index is 0.128. The molecule has 2 rings (SSSR count). The summed E-state index contributed by atoms with van der Waals surface area (Å²) in [7, 11) is -3.57. The van der Waals surface area contributed by atoms with E-state index in [-0.39, 0.29) is 5.03 Å². The van der Waals surface area contributed by atoms with Crippen LogP contribution in [0.3, 0.4) is 0 Å². The second-order valence-electron chi connectivity index (χ2n) is 5.20. The number of H-pyrrole nitrogens is 1. The Kier molecular flexibility index (Phi) is 4.27. The number of aromatic nitrogens is 2. The molecule has 4 N–H and O–H groups in total. The molecular formula is C12H22N4O2S. The SMILES string of the molecule is CCc1ncc(S(=O)(=O)NC2(CN)CCCCC2)[nH]1. The molecule has 0 saturated heterocycles. The first-order valence-corrected chi connectivity index (χ1v) is 8.27. The quantitative estimate of drug-likeness (QED) is 0.749. The molecule has 0 unspecified atom stereocenters. The molecule has 0 aromatic carbocycles. The van der Waals surface area contributed by atoms with E-state index in [0.29, 0.717) is 18.8 Å². The molecule has 1 saturated carbocycles. The highest BCUT2D eigenvalue weighted by Crippen LogP contribution is 2.28. The number of aryl methyl sites for hydroxylation is 1. The van der Waals surface area contributed by atoms with Gasteiger partial charge in [0.15, 0.2) is 5.03 Å². The third kappa shape index (κ3) is 3.16. The number of hydrogen-bond acceptors (Lipinski definition) is 4.